The van der Waals surface area contributed by atoms with Gasteiger partial charge in [-0.05, 0) is 73.1 Å². The molecule has 0 spiro atoms. The minimum absolute atomic E-state index is 0.0113. The van der Waals surface area contributed by atoms with Crippen LogP contribution in [0.5, 0.6) is 0 Å². The third-order valence-corrected chi connectivity index (χ3v) is 7.72. The Balaban J connectivity index is 1.21. The van der Waals surface area contributed by atoms with Crippen LogP contribution >= 0.6 is 0 Å². The van der Waals surface area contributed by atoms with Crippen molar-refractivity contribution in [3.8, 4) is 0 Å². The first-order valence-electron chi connectivity index (χ1n) is 16.2. The van der Waals surface area contributed by atoms with E-state index in [0.717, 1.165) is 81.6 Å². The third-order valence-electron chi connectivity index (χ3n) is 7.72. The molecule has 0 saturated carbocycles. The van der Waals surface area contributed by atoms with Gasteiger partial charge in [-0.2, -0.15) is 0 Å². The number of rotatable bonds is 22. The molecule has 1 unspecified atom stereocenters. The first-order chi connectivity index (χ1) is 20.8. The second-order valence-electron chi connectivity index (χ2n) is 12.7. The molecule has 2 aliphatic heterocycles. The van der Waals surface area contributed by atoms with Gasteiger partial charge in [-0.3, -0.25) is 4.79 Å². The molecule has 2 aliphatic rings. The highest BCUT2D eigenvalue weighted by atomic mass is 16.6. The van der Waals surface area contributed by atoms with E-state index in [1.165, 1.54) is 12.0 Å². The van der Waals surface area contributed by atoms with Gasteiger partial charge in [0.15, 0.2) is 0 Å². The Hall–Kier alpha value is -2.46. The lowest BCUT2D eigenvalue weighted by atomic mass is 9.89. The molecule has 242 valence electrons. The van der Waals surface area contributed by atoms with Crippen LogP contribution in [-0.2, 0) is 36.6 Å². The zero-order chi connectivity index (χ0) is 30.8. The fourth-order valence-corrected chi connectivity index (χ4v) is 5.15. The number of dihydropyridines is 1. The number of fused-ring (bicyclic) bond motifs is 1. The molecule has 0 saturated heterocycles. The number of aliphatic carboxylic acids is 1. The number of aryl methyl sites for hydroxylation is 2. The number of pyridine rings is 1. The molecule has 3 rings (SSSR count). The van der Waals surface area contributed by atoms with Crippen molar-refractivity contribution in [2.75, 3.05) is 58.1 Å². The molecule has 0 fully saturated rings. The Labute approximate surface area is 258 Å². The molecule has 3 heterocycles. The van der Waals surface area contributed by atoms with Crippen LogP contribution < -0.4 is 10.6 Å². The average Bonchev–Trinajstić information content (AvgIpc) is 2.98. The van der Waals surface area contributed by atoms with Gasteiger partial charge >= 0.3 is 5.97 Å². The van der Waals surface area contributed by atoms with Crippen molar-refractivity contribution in [2.24, 2.45) is 11.3 Å². The maximum atomic E-state index is 11.5. The van der Waals surface area contributed by atoms with Gasteiger partial charge in [-0.25, -0.2) is 4.98 Å². The van der Waals surface area contributed by atoms with Crippen molar-refractivity contribution in [2.45, 2.75) is 91.2 Å². The molecule has 1 aromatic heterocycles. The van der Waals surface area contributed by atoms with Crippen molar-refractivity contribution in [3.05, 3.63) is 47.3 Å². The van der Waals surface area contributed by atoms with Gasteiger partial charge in [-0.15, -0.1) is 0 Å². The quantitative estimate of drug-likeness (QED) is 0.140. The zero-order valence-electron chi connectivity index (χ0n) is 26.7. The second-order valence-corrected chi connectivity index (χ2v) is 12.7. The standard InChI is InChI=1S/C34H55N3O6/c1-34(2,3)16-18-40-19-20-41-21-22-42-23-24-43-31-15-13-29(26-36-31)28(25-32(38)39)9-6-4-5-7-11-30-14-12-27-10-8-17-35-33(27)37-30/h12-15,26,28,31,36H,4-11,16-25H2,1-3H3,(H,35,37)(H,38,39)/t28-,31?/m0/s1. The molecule has 0 radical (unpaired) electrons. The summed E-state index contributed by atoms with van der Waals surface area (Å²) in [4.78, 5) is 16.3. The number of carboxylic acids is 1. The highest BCUT2D eigenvalue weighted by Gasteiger charge is 2.19. The SMILES string of the molecule is CC(C)(C)CCOCCOCCOCCOC1C=CC([C@@H](CCCCCCc2ccc3c(n2)NCCC3)CC(=O)O)=CN1. The van der Waals surface area contributed by atoms with Crippen LogP contribution in [0.25, 0.3) is 0 Å². The highest BCUT2D eigenvalue weighted by molar-refractivity contribution is 5.67. The summed E-state index contributed by atoms with van der Waals surface area (Å²) >= 11 is 0. The van der Waals surface area contributed by atoms with Gasteiger partial charge in [0, 0.05) is 25.0 Å². The topological polar surface area (TPSA) is 111 Å². The number of hydrogen-bond acceptors (Lipinski definition) is 8. The number of ether oxygens (including phenoxy) is 4. The smallest absolute Gasteiger partial charge is 0.303 e. The van der Waals surface area contributed by atoms with Crippen molar-refractivity contribution in [1.82, 2.24) is 10.3 Å². The molecular weight excluding hydrogens is 546 g/mol. The van der Waals surface area contributed by atoms with Gasteiger partial charge in [0.25, 0.3) is 0 Å². The van der Waals surface area contributed by atoms with Gasteiger partial charge in [0.2, 0.25) is 0 Å². The number of carboxylic acid groups (broad SMARTS) is 1. The predicted octanol–water partition coefficient (Wildman–Crippen LogP) is 5.90. The number of nitrogens with zero attached hydrogens (tertiary/aromatic N) is 1. The van der Waals surface area contributed by atoms with E-state index in [9.17, 15) is 9.90 Å². The molecule has 1 aromatic rings. The third kappa shape index (κ3) is 15.2. The van der Waals surface area contributed by atoms with Gasteiger partial charge in [0.1, 0.15) is 12.0 Å². The number of unbranched alkanes of at least 4 members (excludes halogenated alkanes) is 3. The predicted molar refractivity (Wildman–Crippen MR) is 170 cm³/mol. The van der Waals surface area contributed by atoms with E-state index < -0.39 is 5.97 Å². The van der Waals surface area contributed by atoms with Crippen molar-refractivity contribution in [1.29, 1.82) is 0 Å². The number of nitrogens with one attached hydrogen (secondary N) is 2. The Morgan fingerprint density at radius 2 is 1.72 bits per heavy atom. The minimum Gasteiger partial charge on any atom is -0.481 e. The molecule has 9 nitrogen and oxygen atoms in total. The summed E-state index contributed by atoms with van der Waals surface area (Å²) in [5.41, 5.74) is 3.79. The van der Waals surface area contributed by atoms with Crippen LogP contribution in [0.3, 0.4) is 0 Å². The monoisotopic (exact) mass is 601 g/mol. The summed E-state index contributed by atoms with van der Waals surface area (Å²) < 4.78 is 22.5. The van der Waals surface area contributed by atoms with E-state index in [1.54, 1.807) is 0 Å². The van der Waals surface area contributed by atoms with Crippen LogP contribution in [-0.4, -0.2) is 75.1 Å². The van der Waals surface area contributed by atoms with Gasteiger partial charge < -0.3 is 34.7 Å². The van der Waals surface area contributed by atoms with E-state index >= 15 is 0 Å². The summed E-state index contributed by atoms with van der Waals surface area (Å²) in [5, 5.41) is 16.1. The van der Waals surface area contributed by atoms with Crippen LogP contribution in [0.4, 0.5) is 5.82 Å². The Morgan fingerprint density at radius 3 is 2.42 bits per heavy atom. The van der Waals surface area contributed by atoms with E-state index in [1.807, 2.05) is 18.4 Å². The van der Waals surface area contributed by atoms with Crippen molar-refractivity contribution >= 4 is 11.8 Å². The van der Waals surface area contributed by atoms with E-state index in [4.69, 9.17) is 23.9 Å². The second kappa shape index (κ2) is 19.7. The fourth-order valence-electron chi connectivity index (χ4n) is 5.15. The number of aromatic nitrogens is 1. The van der Waals surface area contributed by atoms with Crippen molar-refractivity contribution in [3.63, 3.8) is 0 Å². The Bertz CT molecular complexity index is 1010. The van der Waals surface area contributed by atoms with Gasteiger partial charge in [-0.1, -0.05) is 52.2 Å². The maximum absolute atomic E-state index is 11.5. The van der Waals surface area contributed by atoms with Crippen LogP contribution in [0.1, 0.15) is 83.4 Å². The van der Waals surface area contributed by atoms with Gasteiger partial charge in [0.05, 0.1) is 46.1 Å². The largest absolute Gasteiger partial charge is 0.481 e. The van der Waals surface area contributed by atoms with E-state index in [2.05, 4.69) is 43.5 Å². The molecule has 0 aromatic carbocycles. The van der Waals surface area contributed by atoms with Crippen LogP contribution in [0.2, 0.25) is 0 Å². The van der Waals surface area contributed by atoms with Crippen LogP contribution in [0, 0.1) is 11.3 Å². The average molecular weight is 602 g/mol. The normalized spacial score (nSPS) is 17.1. The van der Waals surface area contributed by atoms with E-state index in [-0.39, 0.29) is 18.6 Å². The lowest BCUT2D eigenvalue weighted by Crippen LogP contribution is -2.30. The zero-order valence-corrected chi connectivity index (χ0v) is 26.7. The summed E-state index contributed by atoms with van der Waals surface area (Å²) in [6.45, 7) is 11.6. The summed E-state index contributed by atoms with van der Waals surface area (Å²) in [6, 6.07) is 4.38. The molecule has 2 atom stereocenters. The Kier molecular flexibility index (Phi) is 16.1. The molecular formula is C34H55N3O6. The van der Waals surface area contributed by atoms with E-state index in [0.29, 0.717) is 45.1 Å². The molecule has 0 aliphatic carbocycles. The Morgan fingerprint density at radius 1 is 1.00 bits per heavy atom. The minimum atomic E-state index is -0.765. The number of allylic oxidation sites excluding steroid dienone is 2. The number of carbonyl (C=O) groups is 1. The molecule has 43 heavy (non-hydrogen) atoms. The number of hydrogen-bond donors (Lipinski definition) is 3. The van der Waals surface area contributed by atoms with Crippen molar-refractivity contribution < 1.29 is 28.8 Å². The first kappa shape index (κ1) is 35.0. The lowest BCUT2D eigenvalue weighted by molar-refractivity contribution is -0.137. The highest BCUT2D eigenvalue weighted by Crippen LogP contribution is 2.26. The molecule has 0 amide bonds. The fraction of sp³-hybridized carbons (Fsp3) is 0.706. The summed E-state index contributed by atoms with van der Waals surface area (Å²) in [5.74, 6) is 0.287. The summed E-state index contributed by atoms with van der Waals surface area (Å²) in [6.07, 6.45) is 15.2. The molecule has 0 bridgehead atoms. The summed E-state index contributed by atoms with van der Waals surface area (Å²) in [7, 11) is 0. The first-order valence-corrected chi connectivity index (χ1v) is 16.2. The molecule has 9 heteroatoms. The lowest BCUT2D eigenvalue weighted by Gasteiger charge is -2.23. The number of anilines is 1. The van der Waals surface area contributed by atoms with Crippen LogP contribution in [0.15, 0.2) is 36.1 Å². The molecule has 3 N–H and O–H groups in total. The maximum Gasteiger partial charge on any atom is 0.303 e.